The van der Waals surface area contributed by atoms with E-state index in [4.69, 9.17) is 4.98 Å². The Balaban J connectivity index is 1.59. The van der Waals surface area contributed by atoms with Crippen LogP contribution in [0.15, 0.2) is 24.3 Å². The average molecular weight is 356 g/mol. The zero-order valence-corrected chi connectivity index (χ0v) is 15.6. The molecule has 0 saturated carbocycles. The summed E-state index contributed by atoms with van der Waals surface area (Å²) in [7, 11) is 0. The van der Waals surface area contributed by atoms with Crippen LogP contribution < -0.4 is 5.32 Å². The van der Waals surface area contributed by atoms with E-state index < -0.39 is 6.10 Å². The fourth-order valence-electron chi connectivity index (χ4n) is 4.41. The molecule has 0 spiro atoms. The molecule has 4 rings (SSSR count). The molecular weight excluding hydrogens is 328 g/mol. The molecule has 2 aromatic rings. The molecule has 3 atom stereocenters. The summed E-state index contributed by atoms with van der Waals surface area (Å²) in [5, 5.41) is 12.9. The van der Waals surface area contributed by atoms with Crippen LogP contribution in [-0.4, -0.2) is 57.2 Å². The summed E-state index contributed by atoms with van der Waals surface area (Å²) >= 11 is 0. The number of aliphatic hydroxyl groups is 1. The molecular formula is C20H28N4O2. The van der Waals surface area contributed by atoms with Gasteiger partial charge in [0.05, 0.1) is 23.2 Å². The maximum absolute atomic E-state index is 12.8. The number of rotatable bonds is 3. The summed E-state index contributed by atoms with van der Waals surface area (Å²) in [4.78, 5) is 19.7. The number of piperidine rings is 1. The number of imidazole rings is 1. The van der Waals surface area contributed by atoms with Gasteiger partial charge in [0, 0.05) is 31.6 Å². The first kappa shape index (κ1) is 17.5. The summed E-state index contributed by atoms with van der Waals surface area (Å²) in [6.45, 7) is 6.39. The number of carbonyl (C=O) groups excluding carboxylic acids is 1. The Kier molecular flexibility index (Phi) is 4.71. The van der Waals surface area contributed by atoms with Gasteiger partial charge in [-0.05, 0) is 45.2 Å². The lowest BCUT2D eigenvalue weighted by Gasteiger charge is -2.34. The molecule has 1 aromatic heterocycles. The van der Waals surface area contributed by atoms with E-state index in [1.807, 2.05) is 11.0 Å². The Bertz CT molecular complexity index is 800. The smallest absolute Gasteiger partial charge is 0.239 e. The molecule has 6 nitrogen and oxygen atoms in total. The van der Waals surface area contributed by atoms with Crippen LogP contribution in [0.5, 0.6) is 0 Å². The highest BCUT2D eigenvalue weighted by atomic mass is 16.3. The van der Waals surface area contributed by atoms with E-state index in [1.54, 1.807) is 0 Å². The first-order chi connectivity index (χ1) is 12.5. The maximum Gasteiger partial charge on any atom is 0.239 e. The van der Waals surface area contributed by atoms with E-state index in [9.17, 15) is 9.90 Å². The summed E-state index contributed by atoms with van der Waals surface area (Å²) in [5.74, 6) is 1.48. The summed E-state index contributed by atoms with van der Waals surface area (Å²) in [5.41, 5.74) is 2.20. The van der Waals surface area contributed by atoms with Crippen molar-refractivity contribution in [1.82, 2.24) is 19.8 Å². The number of carbonyl (C=O) groups is 1. The van der Waals surface area contributed by atoms with Gasteiger partial charge >= 0.3 is 0 Å². The van der Waals surface area contributed by atoms with Gasteiger partial charge in [-0.15, -0.1) is 0 Å². The lowest BCUT2D eigenvalue weighted by Crippen LogP contribution is -2.47. The molecule has 0 aliphatic carbocycles. The van der Waals surface area contributed by atoms with Gasteiger partial charge in [-0.2, -0.15) is 0 Å². The third kappa shape index (κ3) is 3.12. The van der Waals surface area contributed by atoms with Gasteiger partial charge in [-0.25, -0.2) is 4.98 Å². The highest BCUT2D eigenvalue weighted by molar-refractivity contribution is 5.82. The number of aliphatic hydroxyl groups excluding tert-OH is 1. The maximum atomic E-state index is 12.8. The van der Waals surface area contributed by atoms with E-state index in [0.717, 1.165) is 30.7 Å². The minimum Gasteiger partial charge on any atom is -0.392 e. The van der Waals surface area contributed by atoms with Crippen molar-refractivity contribution in [2.45, 2.75) is 57.2 Å². The highest BCUT2D eigenvalue weighted by Gasteiger charge is 2.35. The van der Waals surface area contributed by atoms with Crippen molar-refractivity contribution in [3.8, 4) is 0 Å². The number of β-amino-alcohol motifs (C(OH)–C–C–N with tert-alkyl or cyclic N) is 1. The van der Waals surface area contributed by atoms with Crippen LogP contribution in [0.4, 0.5) is 0 Å². The van der Waals surface area contributed by atoms with Crippen molar-refractivity contribution < 1.29 is 9.90 Å². The average Bonchev–Trinajstić information content (AvgIpc) is 3.24. The van der Waals surface area contributed by atoms with Crippen molar-refractivity contribution in [2.75, 3.05) is 19.6 Å². The van der Waals surface area contributed by atoms with Gasteiger partial charge in [0.15, 0.2) is 0 Å². The van der Waals surface area contributed by atoms with E-state index in [0.29, 0.717) is 25.6 Å². The lowest BCUT2D eigenvalue weighted by atomic mass is 9.96. The predicted octanol–water partition coefficient (Wildman–Crippen LogP) is 2.05. The molecule has 0 radical (unpaired) electrons. The van der Waals surface area contributed by atoms with Gasteiger partial charge in [-0.1, -0.05) is 12.1 Å². The van der Waals surface area contributed by atoms with Crippen LogP contribution in [-0.2, 0) is 4.79 Å². The monoisotopic (exact) mass is 356 g/mol. The molecule has 2 aliphatic heterocycles. The number of nitrogens with zero attached hydrogens (tertiary/aromatic N) is 3. The van der Waals surface area contributed by atoms with Crippen LogP contribution in [0.1, 0.15) is 50.9 Å². The van der Waals surface area contributed by atoms with Crippen molar-refractivity contribution in [1.29, 1.82) is 0 Å². The third-order valence-corrected chi connectivity index (χ3v) is 5.64. The molecule has 2 fully saturated rings. The fourth-order valence-corrected chi connectivity index (χ4v) is 4.41. The van der Waals surface area contributed by atoms with Crippen molar-refractivity contribution in [3.63, 3.8) is 0 Å². The summed E-state index contributed by atoms with van der Waals surface area (Å²) < 4.78 is 2.32. The SMILES string of the molecule is CC(C)n1c([C@@H]2CCCN(C(=O)[C@H]3C[C@@H](O)CN3)C2)nc2ccccc21. The number of aromatic nitrogens is 2. The molecule has 3 heterocycles. The number of amides is 1. The fraction of sp³-hybridized carbons (Fsp3) is 0.600. The van der Waals surface area contributed by atoms with Gasteiger partial charge in [-0.3, -0.25) is 4.79 Å². The Hall–Kier alpha value is -1.92. The number of benzene rings is 1. The minimum atomic E-state index is -0.408. The normalized spacial score (nSPS) is 26.8. The Morgan fingerprint density at radius 1 is 1.35 bits per heavy atom. The largest absolute Gasteiger partial charge is 0.392 e. The van der Waals surface area contributed by atoms with Crippen molar-refractivity contribution in [2.24, 2.45) is 0 Å². The van der Waals surface area contributed by atoms with Crippen molar-refractivity contribution >= 4 is 16.9 Å². The molecule has 1 amide bonds. The Morgan fingerprint density at radius 3 is 2.88 bits per heavy atom. The van der Waals surface area contributed by atoms with E-state index in [1.165, 1.54) is 5.52 Å². The van der Waals surface area contributed by atoms with Crippen LogP contribution in [0.3, 0.4) is 0 Å². The standard InChI is InChI=1S/C20H28N4O2/c1-13(2)24-18-8-4-3-7-16(18)22-19(24)14-6-5-9-23(12-14)20(26)17-10-15(25)11-21-17/h3-4,7-8,13-15,17,21,25H,5-6,9-12H2,1-2H3/t14-,15-,17-/m1/s1. The van der Waals surface area contributed by atoms with Gasteiger partial charge < -0.3 is 19.9 Å². The molecule has 2 saturated heterocycles. The van der Waals surface area contributed by atoms with Crippen molar-refractivity contribution in [3.05, 3.63) is 30.1 Å². The summed E-state index contributed by atoms with van der Waals surface area (Å²) in [6.07, 6.45) is 2.16. The van der Waals surface area contributed by atoms with Crippen LogP contribution in [0.2, 0.25) is 0 Å². The zero-order chi connectivity index (χ0) is 18.3. The second-order valence-corrected chi connectivity index (χ2v) is 7.90. The first-order valence-electron chi connectivity index (χ1n) is 9.71. The summed E-state index contributed by atoms with van der Waals surface area (Å²) in [6, 6.07) is 8.36. The second kappa shape index (κ2) is 7.00. The number of hydrogen-bond acceptors (Lipinski definition) is 4. The molecule has 26 heavy (non-hydrogen) atoms. The molecule has 2 aliphatic rings. The van der Waals surface area contributed by atoms with E-state index in [-0.39, 0.29) is 17.9 Å². The van der Waals surface area contributed by atoms with Gasteiger partial charge in [0.2, 0.25) is 5.91 Å². The van der Waals surface area contributed by atoms with Crippen LogP contribution in [0, 0.1) is 0 Å². The molecule has 0 bridgehead atoms. The third-order valence-electron chi connectivity index (χ3n) is 5.64. The van der Waals surface area contributed by atoms with Crippen LogP contribution in [0.25, 0.3) is 11.0 Å². The zero-order valence-electron chi connectivity index (χ0n) is 15.6. The Morgan fingerprint density at radius 2 is 2.15 bits per heavy atom. The topological polar surface area (TPSA) is 70.4 Å². The number of likely N-dealkylation sites (tertiary alicyclic amines) is 1. The minimum absolute atomic E-state index is 0.124. The second-order valence-electron chi connectivity index (χ2n) is 7.90. The molecule has 6 heteroatoms. The quantitative estimate of drug-likeness (QED) is 0.883. The predicted molar refractivity (Wildman–Crippen MR) is 101 cm³/mol. The molecule has 2 N–H and O–H groups in total. The van der Waals surface area contributed by atoms with Gasteiger partial charge in [0.1, 0.15) is 5.82 Å². The van der Waals surface area contributed by atoms with E-state index in [2.05, 4.69) is 41.9 Å². The van der Waals surface area contributed by atoms with Gasteiger partial charge in [0.25, 0.3) is 0 Å². The molecule has 1 aromatic carbocycles. The number of para-hydroxylation sites is 2. The van der Waals surface area contributed by atoms with Crippen LogP contribution >= 0.6 is 0 Å². The molecule has 0 unspecified atom stereocenters. The lowest BCUT2D eigenvalue weighted by molar-refractivity contribution is -0.134. The number of hydrogen-bond donors (Lipinski definition) is 2. The Labute approximate surface area is 154 Å². The number of fused-ring (bicyclic) bond motifs is 1. The highest BCUT2D eigenvalue weighted by Crippen LogP contribution is 2.32. The number of nitrogens with one attached hydrogen (secondary N) is 1. The van der Waals surface area contributed by atoms with E-state index >= 15 is 0 Å². The molecule has 140 valence electrons. The first-order valence-corrected chi connectivity index (χ1v) is 9.71.